The largest absolute Gasteiger partial charge is 0.381 e. The number of ether oxygens (including phenoxy) is 1. The molecule has 2 aliphatic heterocycles. The van der Waals surface area contributed by atoms with Crippen molar-refractivity contribution in [2.24, 2.45) is 5.92 Å². The molecule has 1 aromatic carbocycles. The predicted molar refractivity (Wildman–Crippen MR) is 129 cm³/mol. The van der Waals surface area contributed by atoms with Crippen LogP contribution in [0.1, 0.15) is 53.5 Å². The topological polar surface area (TPSA) is 59.4 Å². The molecule has 2 saturated heterocycles. The Bertz CT molecular complexity index is 1050. The SMILES string of the molecule is Cc1ccc(N2CCCC2c2csc(NC(=O)c3cccn3CC3CCOCC3)n2)cc1. The quantitative estimate of drug-likeness (QED) is 0.556. The number of aromatic nitrogens is 2. The summed E-state index contributed by atoms with van der Waals surface area (Å²) < 4.78 is 7.53. The molecule has 32 heavy (non-hydrogen) atoms. The Hall–Kier alpha value is -2.64. The molecule has 0 radical (unpaired) electrons. The molecule has 3 aromatic rings. The van der Waals surface area contributed by atoms with Crippen LogP contribution < -0.4 is 10.2 Å². The van der Waals surface area contributed by atoms with Crippen molar-refractivity contribution in [3.8, 4) is 0 Å². The molecular formula is C25H30N4O2S. The lowest BCUT2D eigenvalue weighted by atomic mass is 10.0. The van der Waals surface area contributed by atoms with E-state index in [9.17, 15) is 4.79 Å². The molecule has 1 unspecified atom stereocenters. The summed E-state index contributed by atoms with van der Waals surface area (Å²) in [5.74, 6) is 0.467. The summed E-state index contributed by atoms with van der Waals surface area (Å²) in [4.78, 5) is 20.2. The van der Waals surface area contributed by atoms with Crippen molar-refractivity contribution in [3.05, 3.63) is 64.9 Å². The summed E-state index contributed by atoms with van der Waals surface area (Å²) in [5, 5.41) is 5.79. The highest BCUT2D eigenvalue weighted by atomic mass is 32.1. The van der Waals surface area contributed by atoms with Crippen LogP contribution in [-0.4, -0.2) is 35.2 Å². The van der Waals surface area contributed by atoms with Gasteiger partial charge in [0.1, 0.15) is 5.69 Å². The maximum absolute atomic E-state index is 13.0. The number of thiazole rings is 1. The molecule has 1 N–H and O–H groups in total. The maximum Gasteiger partial charge on any atom is 0.274 e. The van der Waals surface area contributed by atoms with Gasteiger partial charge in [0.05, 0.1) is 11.7 Å². The highest BCUT2D eigenvalue weighted by molar-refractivity contribution is 7.14. The first-order valence-corrected chi connectivity index (χ1v) is 12.4. The smallest absolute Gasteiger partial charge is 0.274 e. The van der Waals surface area contributed by atoms with Gasteiger partial charge in [-0.2, -0.15) is 0 Å². The van der Waals surface area contributed by atoms with E-state index in [0.29, 0.717) is 16.7 Å². The van der Waals surface area contributed by atoms with Gasteiger partial charge in [0.25, 0.3) is 5.91 Å². The predicted octanol–water partition coefficient (Wildman–Crippen LogP) is 5.27. The number of nitrogens with zero attached hydrogens (tertiary/aromatic N) is 3. The fourth-order valence-corrected chi connectivity index (χ4v) is 5.52. The van der Waals surface area contributed by atoms with Crippen LogP contribution in [0.4, 0.5) is 10.8 Å². The molecule has 6 nitrogen and oxygen atoms in total. The highest BCUT2D eigenvalue weighted by Crippen LogP contribution is 2.37. The van der Waals surface area contributed by atoms with Crippen molar-refractivity contribution in [2.45, 2.75) is 45.2 Å². The average molecular weight is 451 g/mol. The lowest BCUT2D eigenvalue weighted by Crippen LogP contribution is -2.24. The van der Waals surface area contributed by atoms with Gasteiger partial charge >= 0.3 is 0 Å². The Morgan fingerprint density at radius 2 is 2.00 bits per heavy atom. The van der Waals surface area contributed by atoms with Crippen molar-refractivity contribution in [1.29, 1.82) is 0 Å². The van der Waals surface area contributed by atoms with E-state index in [4.69, 9.17) is 9.72 Å². The summed E-state index contributed by atoms with van der Waals surface area (Å²) in [6.07, 6.45) is 6.33. The van der Waals surface area contributed by atoms with Crippen molar-refractivity contribution >= 4 is 28.1 Å². The van der Waals surface area contributed by atoms with Gasteiger partial charge in [0.2, 0.25) is 0 Å². The van der Waals surface area contributed by atoms with E-state index in [1.807, 2.05) is 18.3 Å². The number of hydrogen-bond donors (Lipinski definition) is 1. The molecule has 0 aliphatic carbocycles. The van der Waals surface area contributed by atoms with Crippen LogP contribution in [0.25, 0.3) is 0 Å². The second-order valence-corrected chi connectivity index (χ2v) is 9.68. The summed E-state index contributed by atoms with van der Waals surface area (Å²) in [5.41, 5.74) is 4.24. The van der Waals surface area contributed by atoms with Gasteiger partial charge in [-0.1, -0.05) is 17.7 Å². The van der Waals surface area contributed by atoms with Gasteiger partial charge in [0, 0.05) is 43.6 Å². The summed E-state index contributed by atoms with van der Waals surface area (Å²) in [7, 11) is 0. The fraction of sp³-hybridized carbons (Fsp3) is 0.440. The monoisotopic (exact) mass is 450 g/mol. The average Bonchev–Trinajstić information content (AvgIpc) is 3.55. The van der Waals surface area contributed by atoms with Gasteiger partial charge in [-0.3, -0.25) is 10.1 Å². The number of carbonyl (C=O) groups is 1. The third-order valence-corrected chi connectivity index (χ3v) is 7.34. The van der Waals surface area contributed by atoms with E-state index in [2.05, 4.69) is 51.4 Å². The molecule has 4 heterocycles. The van der Waals surface area contributed by atoms with Gasteiger partial charge in [-0.05, 0) is 62.8 Å². The molecule has 2 aliphatic rings. The van der Waals surface area contributed by atoms with Crippen LogP contribution >= 0.6 is 11.3 Å². The zero-order chi connectivity index (χ0) is 21.9. The number of nitrogens with one attached hydrogen (secondary N) is 1. The summed E-state index contributed by atoms with van der Waals surface area (Å²) in [6.45, 7) is 5.63. The maximum atomic E-state index is 13.0. The van der Waals surface area contributed by atoms with Crippen LogP contribution in [-0.2, 0) is 11.3 Å². The van der Waals surface area contributed by atoms with E-state index in [1.165, 1.54) is 22.6 Å². The minimum atomic E-state index is -0.0928. The molecule has 7 heteroatoms. The molecular weight excluding hydrogens is 420 g/mol. The molecule has 0 bridgehead atoms. The minimum absolute atomic E-state index is 0.0928. The number of hydrogen-bond acceptors (Lipinski definition) is 5. The van der Waals surface area contributed by atoms with Gasteiger partial charge in [-0.25, -0.2) is 4.98 Å². The van der Waals surface area contributed by atoms with Gasteiger partial charge < -0.3 is 14.2 Å². The molecule has 168 valence electrons. The van der Waals surface area contributed by atoms with E-state index in [0.717, 1.165) is 57.7 Å². The van der Waals surface area contributed by atoms with Crippen molar-refractivity contribution in [2.75, 3.05) is 30.0 Å². The Balaban J connectivity index is 1.26. The number of amides is 1. The number of carbonyl (C=O) groups excluding carboxylic acids is 1. The van der Waals surface area contributed by atoms with E-state index >= 15 is 0 Å². The van der Waals surface area contributed by atoms with Crippen LogP contribution in [0, 0.1) is 12.8 Å². The molecule has 2 fully saturated rings. The van der Waals surface area contributed by atoms with E-state index in [1.54, 1.807) is 0 Å². The Kier molecular flexibility index (Phi) is 6.28. The van der Waals surface area contributed by atoms with Gasteiger partial charge in [-0.15, -0.1) is 11.3 Å². The van der Waals surface area contributed by atoms with Crippen LogP contribution in [0.15, 0.2) is 48.0 Å². The second-order valence-electron chi connectivity index (χ2n) is 8.82. The number of rotatable bonds is 6. The molecule has 2 aromatic heterocycles. The lowest BCUT2D eigenvalue weighted by molar-refractivity contribution is 0.0610. The fourth-order valence-electron chi connectivity index (χ4n) is 4.76. The number of aryl methyl sites for hydroxylation is 1. The number of anilines is 2. The van der Waals surface area contributed by atoms with Gasteiger partial charge in [0.15, 0.2) is 5.13 Å². The Morgan fingerprint density at radius 3 is 2.81 bits per heavy atom. The highest BCUT2D eigenvalue weighted by Gasteiger charge is 2.28. The zero-order valence-electron chi connectivity index (χ0n) is 18.5. The number of benzene rings is 1. The van der Waals surface area contributed by atoms with Crippen molar-refractivity contribution in [1.82, 2.24) is 9.55 Å². The molecule has 1 atom stereocenters. The Labute approximate surface area is 193 Å². The third-order valence-electron chi connectivity index (χ3n) is 6.56. The molecule has 5 rings (SSSR count). The minimum Gasteiger partial charge on any atom is -0.381 e. The third kappa shape index (κ3) is 4.59. The van der Waals surface area contributed by atoms with Crippen LogP contribution in [0.2, 0.25) is 0 Å². The second kappa shape index (κ2) is 9.46. The van der Waals surface area contributed by atoms with Crippen LogP contribution in [0.5, 0.6) is 0 Å². The zero-order valence-corrected chi connectivity index (χ0v) is 19.3. The standard InChI is InChI=1S/C25H30N4O2S/c1-18-6-8-20(9-7-18)29-13-3-4-22(29)21-17-32-25(26-21)27-24(30)23-5-2-12-28(23)16-19-10-14-31-15-11-19/h2,5-9,12,17,19,22H,3-4,10-11,13-16H2,1H3,(H,26,27,30). The Morgan fingerprint density at radius 1 is 1.19 bits per heavy atom. The molecule has 1 amide bonds. The van der Waals surface area contributed by atoms with Crippen molar-refractivity contribution in [3.63, 3.8) is 0 Å². The summed E-state index contributed by atoms with van der Waals surface area (Å²) >= 11 is 1.51. The van der Waals surface area contributed by atoms with Crippen LogP contribution in [0.3, 0.4) is 0 Å². The first-order valence-electron chi connectivity index (χ1n) is 11.5. The molecule has 0 saturated carbocycles. The normalized spacial score (nSPS) is 19.4. The van der Waals surface area contributed by atoms with E-state index in [-0.39, 0.29) is 11.9 Å². The van der Waals surface area contributed by atoms with Crippen molar-refractivity contribution < 1.29 is 9.53 Å². The first-order chi connectivity index (χ1) is 15.7. The summed E-state index contributed by atoms with van der Waals surface area (Å²) in [6, 6.07) is 12.8. The first kappa shape index (κ1) is 21.2. The lowest BCUT2D eigenvalue weighted by Gasteiger charge is -2.25. The van der Waals surface area contributed by atoms with E-state index < -0.39 is 0 Å². The molecule has 0 spiro atoms.